The number of nitrogens with one attached hydrogen (secondary N) is 1. The number of benzene rings is 1. The Bertz CT molecular complexity index is 841. The molecule has 0 unspecified atom stereocenters. The van der Waals surface area contributed by atoms with E-state index in [9.17, 15) is 0 Å². The fourth-order valence-corrected chi connectivity index (χ4v) is 3.59. The highest BCUT2D eigenvalue weighted by Crippen LogP contribution is 2.28. The van der Waals surface area contributed by atoms with Gasteiger partial charge in [0.25, 0.3) is 0 Å². The average molecular weight is 408 g/mol. The molecular weight excluding hydrogens is 392 g/mol. The predicted octanol–water partition coefficient (Wildman–Crippen LogP) is 3.09. The molecular formula is C16H16BrClN6. The summed E-state index contributed by atoms with van der Waals surface area (Å²) in [7, 11) is 0. The molecule has 3 heterocycles. The number of fused-ring (bicyclic) bond motifs is 1. The van der Waals surface area contributed by atoms with E-state index >= 15 is 0 Å². The fraction of sp³-hybridized carbons (Fsp3) is 0.312. The van der Waals surface area contributed by atoms with E-state index in [4.69, 9.17) is 11.6 Å². The molecule has 0 radical (unpaired) electrons. The molecule has 0 bridgehead atoms. The van der Waals surface area contributed by atoms with Crippen LogP contribution >= 0.6 is 27.5 Å². The van der Waals surface area contributed by atoms with Crippen molar-refractivity contribution in [3.8, 4) is 0 Å². The van der Waals surface area contributed by atoms with E-state index in [2.05, 4.69) is 58.0 Å². The fourth-order valence-electron chi connectivity index (χ4n) is 3.01. The maximum atomic E-state index is 5.95. The van der Waals surface area contributed by atoms with Gasteiger partial charge in [-0.2, -0.15) is 5.10 Å². The van der Waals surface area contributed by atoms with E-state index in [0.29, 0.717) is 0 Å². The topological polar surface area (TPSA) is 60.9 Å². The zero-order valence-electron chi connectivity index (χ0n) is 12.9. The van der Waals surface area contributed by atoms with Crippen LogP contribution in [0.25, 0.3) is 11.0 Å². The zero-order valence-corrected chi connectivity index (χ0v) is 15.3. The van der Waals surface area contributed by atoms with Gasteiger partial charge in [0.1, 0.15) is 16.7 Å². The second-order valence-electron chi connectivity index (χ2n) is 5.82. The smallest absolute Gasteiger partial charge is 0.161 e. The van der Waals surface area contributed by atoms with Crippen LogP contribution in [0.5, 0.6) is 0 Å². The predicted molar refractivity (Wildman–Crippen MR) is 98.3 cm³/mol. The summed E-state index contributed by atoms with van der Waals surface area (Å²) in [6.07, 6.45) is 1.59. The third-order valence-electron chi connectivity index (χ3n) is 4.28. The molecule has 1 fully saturated rings. The summed E-state index contributed by atoms with van der Waals surface area (Å²) in [5, 5.41) is 8.82. The second kappa shape index (κ2) is 6.66. The van der Waals surface area contributed by atoms with Crippen molar-refractivity contribution in [1.82, 2.24) is 25.1 Å². The van der Waals surface area contributed by atoms with Crippen LogP contribution in [0.1, 0.15) is 5.56 Å². The van der Waals surface area contributed by atoms with Gasteiger partial charge in [-0.25, -0.2) is 9.97 Å². The quantitative estimate of drug-likeness (QED) is 0.723. The van der Waals surface area contributed by atoms with Crippen LogP contribution in [0.15, 0.2) is 35.2 Å². The number of piperazine rings is 1. The Kier molecular flexibility index (Phi) is 4.39. The first-order valence-electron chi connectivity index (χ1n) is 7.77. The Balaban J connectivity index is 1.45. The monoisotopic (exact) mass is 406 g/mol. The minimum Gasteiger partial charge on any atom is -0.353 e. The molecule has 3 aromatic rings. The van der Waals surface area contributed by atoms with Gasteiger partial charge in [0.15, 0.2) is 5.65 Å². The summed E-state index contributed by atoms with van der Waals surface area (Å²) in [6, 6.07) is 8.07. The van der Waals surface area contributed by atoms with Crippen LogP contribution in [0.4, 0.5) is 5.82 Å². The Morgan fingerprint density at radius 3 is 2.58 bits per heavy atom. The molecule has 0 aliphatic carbocycles. The molecule has 24 heavy (non-hydrogen) atoms. The first kappa shape index (κ1) is 15.8. The number of aromatic nitrogens is 4. The molecule has 6 nitrogen and oxygen atoms in total. The molecule has 0 amide bonds. The molecule has 1 N–H and O–H groups in total. The summed E-state index contributed by atoms with van der Waals surface area (Å²) in [5.74, 6) is 0.937. The van der Waals surface area contributed by atoms with Gasteiger partial charge in [0.2, 0.25) is 0 Å². The van der Waals surface area contributed by atoms with E-state index in [0.717, 1.165) is 59.2 Å². The molecule has 8 heteroatoms. The lowest BCUT2D eigenvalue weighted by atomic mass is 10.2. The highest BCUT2D eigenvalue weighted by atomic mass is 79.9. The molecule has 4 rings (SSSR count). The Morgan fingerprint density at radius 2 is 1.83 bits per heavy atom. The van der Waals surface area contributed by atoms with Gasteiger partial charge >= 0.3 is 0 Å². The van der Waals surface area contributed by atoms with Crippen LogP contribution < -0.4 is 4.90 Å². The van der Waals surface area contributed by atoms with Crippen LogP contribution in [0.3, 0.4) is 0 Å². The highest BCUT2D eigenvalue weighted by Gasteiger charge is 2.22. The average Bonchev–Trinajstić information content (AvgIpc) is 2.99. The third kappa shape index (κ3) is 3.11. The number of aromatic amines is 1. The van der Waals surface area contributed by atoms with E-state index < -0.39 is 0 Å². The Hall–Kier alpha value is -1.70. The normalized spacial score (nSPS) is 16.0. The first-order chi connectivity index (χ1) is 11.7. The maximum absolute atomic E-state index is 5.95. The van der Waals surface area contributed by atoms with E-state index in [1.165, 1.54) is 5.56 Å². The van der Waals surface area contributed by atoms with Crippen molar-refractivity contribution in [2.24, 2.45) is 0 Å². The van der Waals surface area contributed by atoms with Gasteiger partial charge in [0, 0.05) is 37.7 Å². The first-order valence-corrected chi connectivity index (χ1v) is 8.94. The number of H-pyrrole nitrogens is 1. The number of nitrogens with zero attached hydrogens (tertiary/aromatic N) is 5. The van der Waals surface area contributed by atoms with Gasteiger partial charge in [-0.1, -0.05) is 23.7 Å². The second-order valence-corrected chi connectivity index (χ2v) is 7.01. The number of hydrogen-bond acceptors (Lipinski definition) is 5. The summed E-state index contributed by atoms with van der Waals surface area (Å²) >= 11 is 9.42. The summed E-state index contributed by atoms with van der Waals surface area (Å²) in [6.45, 7) is 4.78. The molecule has 0 atom stereocenters. The van der Waals surface area contributed by atoms with Crippen molar-refractivity contribution in [2.75, 3.05) is 31.1 Å². The largest absolute Gasteiger partial charge is 0.353 e. The number of hydrogen-bond donors (Lipinski definition) is 1. The summed E-state index contributed by atoms with van der Waals surface area (Å²) in [5.41, 5.74) is 2.05. The van der Waals surface area contributed by atoms with Gasteiger partial charge in [-0.3, -0.25) is 10.00 Å². The number of anilines is 1. The molecule has 1 aliphatic heterocycles. The van der Waals surface area contributed by atoms with E-state index in [1.807, 2.05) is 12.1 Å². The van der Waals surface area contributed by atoms with Crippen molar-refractivity contribution in [2.45, 2.75) is 6.54 Å². The standard InChI is InChI=1S/C16H16BrClN6/c17-14-13-15(22-21-14)19-10-20-16(13)24-7-5-23(6-8-24)9-11-1-3-12(18)4-2-11/h1-4,10H,5-9H2,(H,19,20,21,22). The van der Waals surface area contributed by atoms with E-state index in [-0.39, 0.29) is 0 Å². The van der Waals surface area contributed by atoms with Crippen molar-refractivity contribution in [1.29, 1.82) is 0 Å². The van der Waals surface area contributed by atoms with Crippen LogP contribution in [0.2, 0.25) is 5.02 Å². The Morgan fingerprint density at radius 1 is 1.08 bits per heavy atom. The van der Waals surface area contributed by atoms with Crippen molar-refractivity contribution < 1.29 is 0 Å². The third-order valence-corrected chi connectivity index (χ3v) is 5.11. The summed E-state index contributed by atoms with van der Waals surface area (Å²) < 4.78 is 0.761. The van der Waals surface area contributed by atoms with Crippen molar-refractivity contribution in [3.63, 3.8) is 0 Å². The SMILES string of the molecule is Clc1ccc(CN2CCN(c3ncnc4[nH]nc(Br)c34)CC2)cc1. The van der Waals surface area contributed by atoms with Gasteiger partial charge in [-0.15, -0.1) is 0 Å². The minimum absolute atomic E-state index is 0.760. The molecule has 1 saturated heterocycles. The van der Waals surface area contributed by atoms with E-state index in [1.54, 1.807) is 6.33 Å². The molecule has 2 aromatic heterocycles. The van der Waals surface area contributed by atoms with Gasteiger partial charge in [-0.05, 0) is 33.6 Å². The maximum Gasteiger partial charge on any atom is 0.161 e. The molecule has 0 saturated carbocycles. The number of rotatable bonds is 3. The lowest BCUT2D eigenvalue weighted by Crippen LogP contribution is -2.46. The molecule has 1 aliphatic rings. The van der Waals surface area contributed by atoms with Crippen LogP contribution in [-0.2, 0) is 6.54 Å². The van der Waals surface area contributed by atoms with Crippen LogP contribution in [-0.4, -0.2) is 51.2 Å². The lowest BCUT2D eigenvalue weighted by Gasteiger charge is -2.35. The lowest BCUT2D eigenvalue weighted by molar-refractivity contribution is 0.249. The number of halogens is 2. The van der Waals surface area contributed by atoms with Gasteiger partial charge in [0.05, 0.1) is 5.39 Å². The summed E-state index contributed by atoms with van der Waals surface area (Å²) in [4.78, 5) is 13.4. The molecule has 124 valence electrons. The molecule has 0 spiro atoms. The van der Waals surface area contributed by atoms with Crippen molar-refractivity contribution >= 4 is 44.4 Å². The Labute approximate surface area is 153 Å². The molecule has 1 aromatic carbocycles. The highest BCUT2D eigenvalue weighted by molar-refractivity contribution is 9.10. The van der Waals surface area contributed by atoms with Crippen LogP contribution in [0, 0.1) is 0 Å². The zero-order chi connectivity index (χ0) is 16.5. The van der Waals surface area contributed by atoms with Crippen molar-refractivity contribution in [3.05, 3.63) is 45.8 Å². The van der Waals surface area contributed by atoms with Gasteiger partial charge < -0.3 is 4.90 Å². The minimum atomic E-state index is 0.760.